The molecule has 2 nitrogen and oxygen atoms in total. The molecule has 0 amide bonds. The van der Waals surface area contributed by atoms with Crippen LogP contribution in [-0.4, -0.2) is 4.57 Å². The number of halogens is 5. The number of nitrogens with two attached hydrogens (primary N) is 1. The van der Waals surface area contributed by atoms with Gasteiger partial charge in [0.1, 0.15) is 4.90 Å². The maximum absolute atomic E-state index is 12.7. The highest BCUT2D eigenvalue weighted by molar-refractivity contribution is 8.45. The molecule has 0 atom stereocenters. The summed E-state index contributed by atoms with van der Waals surface area (Å²) < 4.78 is 65.1. The molecule has 0 aliphatic carbocycles. The predicted molar refractivity (Wildman–Crippen MR) is 79.1 cm³/mol. The van der Waals surface area contributed by atoms with Gasteiger partial charge in [-0.2, -0.15) is 0 Å². The lowest BCUT2D eigenvalue weighted by Crippen LogP contribution is -2.06. The molecule has 3 aromatic rings. The second-order valence-corrected chi connectivity index (χ2v) is 7.38. The molecule has 0 fully saturated rings. The number of rotatable bonds is 2. The number of nitrogens with zero attached hydrogens (tertiary/aromatic N) is 1. The van der Waals surface area contributed by atoms with Gasteiger partial charge >= 0.3 is 10.2 Å². The monoisotopic (exact) mass is 334 g/mol. The fourth-order valence-corrected chi connectivity index (χ4v) is 2.90. The summed E-state index contributed by atoms with van der Waals surface area (Å²) in [7, 11) is -9.63. The van der Waals surface area contributed by atoms with Gasteiger partial charge in [0, 0.05) is 23.0 Å². The highest BCUT2D eigenvalue weighted by Crippen LogP contribution is 3.02. The Morgan fingerprint density at radius 1 is 0.818 bits per heavy atom. The van der Waals surface area contributed by atoms with Crippen molar-refractivity contribution in [3.8, 4) is 5.69 Å². The van der Waals surface area contributed by atoms with E-state index in [9.17, 15) is 19.4 Å². The number of aromatic nitrogens is 1. The van der Waals surface area contributed by atoms with Gasteiger partial charge in [0.15, 0.2) is 0 Å². The van der Waals surface area contributed by atoms with E-state index >= 15 is 0 Å². The Morgan fingerprint density at radius 3 is 2.05 bits per heavy atom. The Bertz CT molecular complexity index is 866. The summed E-state index contributed by atoms with van der Waals surface area (Å²) in [5.41, 5.74) is 7.28. The van der Waals surface area contributed by atoms with Crippen LogP contribution in [0.3, 0.4) is 0 Å². The summed E-state index contributed by atoms with van der Waals surface area (Å²) in [4.78, 5) is -1.90. The third-order valence-electron chi connectivity index (χ3n) is 3.27. The molecule has 118 valence electrons. The molecule has 2 N–H and O–H groups in total. The molecule has 8 heteroatoms. The van der Waals surface area contributed by atoms with E-state index in [1.165, 1.54) is 0 Å². The van der Waals surface area contributed by atoms with Crippen LogP contribution < -0.4 is 5.73 Å². The van der Waals surface area contributed by atoms with Gasteiger partial charge in [-0.15, -0.1) is 0 Å². The fourth-order valence-electron chi connectivity index (χ4n) is 2.25. The molecule has 0 unspecified atom stereocenters. The third-order valence-corrected chi connectivity index (χ3v) is 4.44. The quantitative estimate of drug-likeness (QED) is 0.461. The fraction of sp³-hybridized carbons (Fsp3) is 0. The normalized spacial score (nSPS) is 15.5. The van der Waals surface area contributed by atoms with Gasteiger partial charge in [0.05, 0.1) is 5.52 Å². The van der Waals surface area contributed by atoms with Gasteiger partial charge in [0.2, 0.25) is 0 Å². The molecule has 0 bridgehead atoms. The maximum Gasteiger partial charge on any atom is 0.310 e. The van der Waals surface area contributed by atoms with Crippen LogP contribution in [-0.2, 0) is 0 Å². The van der Waals surface area contributed by atoms with E-state index < -0.39 is 15.1 Å². The SMILES string of the molecule is Nc1ccc2c(ccn2-c2ccc(S(F)(F)(F)(F)F)cc2)c1. The Morgan fingerprint density at radius 2 is 1.45 bits per heavy atom. The van der Waals surface area contributed by atoms with Gasteiger partial charge in [-0.25, -0.2) is 0 Å². The lowest BCUT2D eigenvalue weighted by atomic mass is 10.2. The zero-order valence-corrected chi connectivity index (χ0v) is 11.8. The van der Waals surface area contributed by atoms with Gasteiger partial charge in [-0.3, -0.25) is 0 Å². The Kier molecular flexibility index (Phi) is 2.51. The molecule has 0 aliphatic rings. The molecule has 0 saturated heterocycles. The van der Waals surface area contributed by atoms with E-state index in [0.29, 0.717) is 29.0 Å². The van der Waals surface area contributed by atoms with Crippen molar-refractivity contribution in [1.82, 2.24) is 4.57 Å². The van der Waals surface area contributed by atoms with Crippen molar-refractivity contribution in [2.45, 2.75) is 4.90 Å². The second-order valence-electron chi connectivity index (χ2n) is 4.97. The van der Waals surface area contributed by atoms with Crippen LogP contribution in [0.25, 0.3) is 16.6 Å². The van der Waals surface area contributed by atoms with Crippen molar-refractivity contribution >= 4 is 26.8 Å². The minimum atomic E-state index is -9.63. The van der Waals surface area contributed by atoms with Gasteiger partial charge < -0.3 is 10.3 Å². The Balaban J connectivity index is 2.10. The molecule has 0 radical (unpaired) electrons. The number of fused-ring (bicyclic) bond motifs is 1. The molecule has 0 spiro atoms. The van der Waals surface area contributed by atoms with Crippen LogP contribution in [0.1, 0.15) is 0 Å². The Hall–Kier alpha value is -2.22. The van der Waals surface area contributed by atoms with E-state index in [2.05, 4.69) is 0 Å². The van der Waals surface area contributed by atoms with Crippen molar-refractivity contribution in [1.29, 1.82) is 0 Å². The molecule has 0 aliphatic heterocycles. The second kappa shape index (κ2) is 3.75. The maximum atomic E-state index is 12.7. The lowest BCUT2D eigenvalue weighted by Gasteiger charge is -2.40. The third kappa shape index (κ3) is 2.61. The zero-order valence-electron chi connectivity index (χ0n) is 11.0. The predicted octanol–water partition coefficient (Wildman–Crippen LogP) is 5.87. The van der Waals surface area contributed by atoms with Crippen LogP contribution in [0.4, 0.5) is 25.1 Å². The summed E-state index contributed by atoms with van der Waals surface area (Å²) in [6.45, 7) is 0. The largest absolute Gasteiger partial charge is 0.399 e. The highest BCUT2D eigenvalue weighted by atomic mass is 32.5. The number of benzene rings is 2. The van der Waals surface area contributed by atoms with Crippen molar-refractivity contribution in [2.75, 3.05) is 5.73 Å². The Labute approximate surface area is 122 Å². The van der Waals surface area contributed by atoms with E-state index in [1.54, 1.807) is 35.0 Å². The molecule has 1 heterocycles. The molecular weight excluding hydrogens is 323 g/mol. The molecule has 1 aromatic heterocycles. The van der Waals surface area contributed by atoms with Crippen molar-refractivity contribution in [3.05, 3.63) is 54.7 Å². The number of anilines is 1. The van der Waals surface area contributed by atoms with E-state index in [4.69, 9.17) is 5.73 Å². The van der Waals surface area contributed by atoms with Crippen LogP contribution in [0, 0.1) is 0 Å². The first-order valence-electron chi connectivity index (χ1n) is 6.15. The summed E-state index contributed by atoms with van der Waals surface area (Å²) in [6.07, 6.45) is 1.64. The van der Waals surface area contributed by atoms with Gasteiger partial charge in [-0.05, 0) is 48.5 Å². The number of hydrogen-bond acceptors (Lipinski definition) is 1. The summed E-state index contributed by atoms with van der Waals surface area (Å²) in [6, 6.07) is 9.66. The minimum absolute atomic E-state index is 0.352. The summed E-state index contributed by atoms with van der Waals surface area (Å²) in [5.74, 6) is 0. The van der Waals surface area contributed by atoms with E-state index in [0.717, 1.165) is 17.5 Å². The summed E-state index contributed by atoms with van der Waals surface area (Å²) in [5, 5.41) is 0.803. The first kappa shape index (κ1) is 14.7. The lowest BCUT2D eigenvalue weighted by molar-refractivity contribution is 0.364. The average Bonchev–Trinajstić information content (AvgIpc) is 2.79. The zero-order chi connectivity index (χ0) is 16.2. The molecule has 0 saturated carbocycles. The standard InChI is InChI=1S/C14H11F5N2S/c15-22(16,17,18,19)13-4-2-12(3-5-13)21-8-7-10-9-11(20)1-6-14(10)21/h1-9H,20H2. The smallest absolute Gasteiger partial charge is 0.310 e. The molecular formula is C14H11F5N2S. The number of nitrogen functional groups attached to an aromatic ring is 1. The minimum Gasteiger partial charge on any atom is -0.399 e. The first-order valence-corrected chi connectivity index (χ1v) is 8.10. The molecule has 22 heavy (non-hydrogen) atoms. The molecule has 3 rings (SSSR count). The van der Waals surface area contributed by atoms with Crippen LogP contribution >= 0.6 is 10.2 Å². The average molecular weight is 334 g/mol. The van der Waals surface area contributed by atoms with Crippen LogP contribution in [0.15, 0.2) is 59.6 Å². The van der Waals surface area contributed by atoms with Crippen molar-refractivity contribution in [3.63, 3.8) is 0 Å². The first-order chi connectivity index (χ1) is 9.94. The van der Waals surface area contributed by atoms with E-state index in [1.807, 2.05) is 0 Å². The summed E-state index contributed by atoms with van der Waals surface area (Å²) >= 11 is 0. The van der Waals surface area contributed by atoms with Crippen LogP contribution in [0.2, 0.25) is 0 Å². The van der Waals surface area contributed by atoms with Gasteiger partial charge in [-0.1, -0.05) is 19.4 Å². The van der Waals surface area contributed by atoms with Crippen molar-refractivity contribution < 1.29 is 19.4 Å². The molecule has 2 aromatic carbocycles. The van der Waals surface area contributed by atoms with Gasteiger partial charge in [0.25, 0.3) is 0 Å². The highest BCUT2D eigenvalue weighted by Gasteiger charge is 2.65. The number of hydrogen-bond donors (Lipinski definition) is 1. The van der Waals surface area contributed by atoms with Crippen LogP contribution in [0.5, 0.6) is 0 Å². The topological polar surface area (TPSA) is 30.9 Å². The van der Waals surface area contributed by atoms with E-state index in [-0.39, 0.29) is 0 Å². The van der Waals surface area contributed by atoms with Crippen molar-refractivity contribution in [2.24, 2.45) is 0 Å².